The fourth-order valence-electron chi connectivity index (χ4n) is 2.34. The Balaban J connectivity index is 2.23. The maximum absolute atomic E-state index is 11.4. The van der Waals surface area contributed by atoms with Crippen molar-refractivity contribution in [2.45, 2.75) is 25.3 Å². The van der Waals surface area contributed by atoms with Gasteiger partial charge in [0.2, 0.25) is 0 Å². The number of carbonyl (C=O) groups excluding carboxylic acids is 1. The summed E-state index contributed by atoms with van der Waals surface area (Å²) in [5.74, 6) is -0.436. The van der Waals surface area contributed by atoms with Gasteiger partial charge in [0.15, 0.2) is 0 Å². The monoisotopic (exact) mass is 250 g/mol. The first-order valence-corrected chi connectivity index (χ1v) is 6.18. The number of piperidine rings is 1. The summed E-state index contributed by atoms with van der Waals surface area (Å²) in [4.78, 5) is 17.6. The molecule has 1 fully saturated rings. The minimum Gasteiger partial charge on any atom is -0.464 e. The zero-order chi connectivity index (χ0) is 13.0. The molecule has 5 heteroatoms. The van der Waals surface area contributed by atoms with E-state index < -0.39 is 5.97 Å². The highest BCUT2D eigenvalue weighted by atomic mass is 16.5. The lowest BCUT2D eigenvalue weighted by molar-refractivity contribution is 0.0594. The molecule has 1 aromatic heterocycles. The molecule has 1 aromatic rings. The molecular weight excluding hydrogens is 232 g/mol. The number of aliphatic hydroxyl groups excluding tert-OH is 1. The van der Waals surface area contributed by atoms with Crippen LogP contribution in [0.25, 0.3) is 0 Å². The zero-order valence-electron chi connectivity index (χ0n) is 10.5. The number of ether oxygens (including phenoxy) is 1. The summed E-state index contributed by atoms with van der Waals surface area (Å²) in [7, 11) is 1.34. The van der Waals surface area contributed by atoms with E-state index >= 15 is 0 Å². The van der Waals surface area contributed by atoms with Gasteiger partial charge in [0.1, 0.15) is 5.69 Å². The molecule has 0 amide bonds. The summed E-state index contributed by atoms with van der Waals surface area (Å²) in [6, 6.07) is 3.71. The van der Waals surface area contributed by atoms with Crippen LogP contribution in [0.1, 0.15) is 29.8 Å². The van der Waals surface area contributed by atoms with E-state index in [9.17, 15) is 9.90 Å². The standard InChI is InChI=1S/C13H18N2O3/c1-18-13(17)12-8-10(5-6-14-12)15-7-3-2-4-11(15)9-16/h5-6,8,11,16H,2-4,7,9H2,1H3. The van der Waals surface area contributed by atoms with Crippen LogP contribution in [-0.2, 0) is 4.74 Å². The molecule has 98 valence electrons. The van der Waals surface area contributed by atoms with Crippen molar-refractivity contribution < 1.29 is 14.6 Å². The maximum atomic E-state index is 11.4. The van der Waals surface area contributed by atoms with Crippen molar-refractivity contribution >= 4 is 11.7 Å². The molecule has 2 heterocycles. The van der Waals surface area contributed by atoms with Crippen LogP contribution in [0.4, 0.5) is 5.69 Å². The van der Waals surface area contributed by atoms with E-state index in [0.717, 1.165) is 31.5 Å². The lowest BCUT2D eigenvalue weighted by atomic mass is 10.0. The number of methoxy groups -OCH3 is 1. The van der Waals surface area contributed by atoms with Crippen molar-refractivity contribution in [1.29, 1.82) is 0 Å². The molecule has 2 rings (SSSR count). The second-order valence-electron chi connectivity index (χ2n) is 4.42. The summed E-state index contributed by atoms with van der Waals surface area (Å²) in [5, 5.41) is 9.40. The topological polar surface area (TPSA) is 62.7 Å². The molecule has 1 aliphatic rings. The number of aliphatic hydroxyl groups is 1. The molecule has 1 N–H and O–H groups in total. The van der Waals surface area contributed by atoms with Crippen molar-refractivity contribution in [3.8, 4) is 0 Å². The Morgan fingerprint density at radius 1 is 1.61 bits per heavy atom. The molecule has 1 atom stereocenters. The van der Waals surface area contributed by atoms with Crippen LogP contribution < -0.4 is 4.90 Å². The van der Waals surface area contributed by atoms with Gasteiger partial charge in [-0.15, -0.1) is 0 Å². The van der Waals surface area contributed by atoms with Crippen LogP contribution in [-0.4, -0.2) is 42.4 Å². The Morgan fingerprint density at radius 3 is 3.17 bits per heavy atom. The number of rotatable bonds is 3. The molecule has 0 saturated carbocycles. The molecular formula is C13H18N2O3. The van der Waals surface area contributed by atoms with Crippen LogP contribution in [0.2, 0.25) is 0 Å². The summed E-state index contributed by atoms with van der Waals surface area (Å²) < 4.78 is 4.66. The Bertz CT molecular complexity index is 422. The van der Waals surface area contributed by atoms with Crippen molar-refractivity contribution in [3.05, 3.63) is 24.0 Å². The average molecular weight is 250 g/mol. The molecule has 1 saturated heterocycles. The average Bonchev–Trinajstić information content (AvgIpc) is 2.46. The highest BCUT2D eigenvalue weighted by Gasteiger charge is 2.22. The van der Waals surface area contributed by atoms with E-state index in [0.29, 0.717) is 5.69 Å². The second-order valence-corrected chi connectivity index (χ2v) is 4.42. The third-order valence-electron chi connectivity index (χ3n) is 3.31. The maximum Gasteiger partial charge on any atom is 0.356 e. The summed E-state index contributed by atoms with van der Waals surface area (Å²) in [6.07, 6.45) is 4.82. The summed E-state index contributed by atoms with van der Waals surface area (Å²) in [6.45, 7) is 1.03. The van der Waals surface area contributed by atoms with Gasteiger partial charge in [0.05, 0.1) is 19.8 Å². The minimum atomic E-state index is -0.436. The van der Waals surface area contributed by atoms with E-state index in [-0.39, 0.29) is 12.6 Å². The molecule has 5 nitrogen and oxygen atoms in total. The number of anilines is 1. The Kier molecular flexibility index (Phi) is 4.15. The molecule has 0 aliphatic carbocycles. The molecule has 0 aromatic carbocycles. The van der Waals surface area contributed by atoms with Crippen LogP contribution in [0.3, 0.4) is 0 Å². The minimum absolute atomic E-state index is 0.131. The Morgan fingerprint density at radius 2 is 2.44 bits per heavy atom. The third kappa shape index (κ3) is 2.61. The van der Waals surface area contributed by atoms with Crippen molar-refractivity contribution in [2.75, 3.05) is 25.2 Å². The number of nitrogens with zero attached hydrogens (tertiary/aromatic N) is 2. The predicted octanol–water partition coefficient (Wildman–Crippen LogP) is 1.22. The smallest absolute Gasteiger partial charge is 0.356 e. The van der Waals surface area contributed by atoms with Gasteiger partial charge in [-0.05, 0) is 31.4 Å². The van der Waals surface area contributed by atoms with Gasteiger partial charge in [0, 0.05) is 18.4 Å². The highest BCUT2D eigenvalue weighted by Crippen LogP contribution is 2.24. The van der Waals surface area contributed by atoms with Crippen molar-refractivity contribution in [1.82, 2.24) is 4.98 Å². The van der Waals surface area contributed by atoms with Gasteiger partial charge in [-0.1, -0.05) is 0 Å². The molecule has 1 unspecified atom stereocenters. The molecule has 0 radical (unpaired) electrons. The van der Waals surface area contributed by atoms with E-state index in [1.54, 1.807) is 12.3 Å². The van der Waals surface area contributed by atoms with Gasteiger partial charge in [0.25, 0.3) is 0 Å². The van der Waals surface area contributed by atoms with Crippen molar-refractivity contribution in [3.63, 3.8) is 0 Å². The van der Waals surface area contributed by atoms with Crippen LogP contribution in [0.15, 0.2) is 18.3 Å². The van der Waals surface area contributed by atoms with Gasteiger partial charge < -0.3 is 14.7 Å². The molecule has 18 heavy (non-hydrogen) atoms. The molecule has 0 bridgehead atoms. The van der Waals surface area contributed by atoms with Gasteiger partial charge in [-0.2, -0.15) is 0 Å². The van der Waals surface area contributed by atoms with Crippen LogP contribution >= 0.6 is 0 Å². The zero-order valence-corrected chi connectivity index (χ0v) is 10.5. The summed E-state index contributed by atoms with van der Waals surface area (Å²) in [5.41, 5.74) is 1.22. The highest BCUT2D eigenvalue weighted by molar-refractivity contribution is 5.88. The summed E-state index contributed by atoms with van der Waals surface area (Å²) >= 11 is 0. The molecule has 1 aliphatic heterocycles. The quantitative estimate of drug-likeness (QED) is 0.817. The molecule has 0 spiro atoms. The van der Waals surface area contributed by atoms with Crippen LogP contribution in [0, 0.1) is 0 Å². The Labute approximate surface area is 106 Å². The number of aromatic nitrogens is 1. The number of esters is 1. The number of hydrogen-bond acceptors (Lipinski definition) is 5. The van der Waals surface area contributed by atoms with E-state index in [1.165, 1.54) is 7.11 Å². The fourth-order valence-corrected chi connectivity index (χ4v) is 2.34. The number of carbonyl (C=O) groups is 1. The fraction of sp³-hybridized carbons (Fsp3) is 0.538. The first-order chi connectivity index (χ1) is 8.76. The van der Waals surface area contributed by atoms with Gasteiger partial charge in [-0.3, -0.25) is 0 Å². The lowest BCUT2D eigenvalue weighted by Gasteiger charge is -2.36. The number of hydrogen-bond donors (Lipinski definition) is 1. The van der Waals surface area contributed by atoms with E-state index in [2.05, 4.69) is 14.6 Å². The van der Waals surface area contributed by atoms with Crippen molar-refractivity contribution in [2.24, 2.45) is 0 Å². The van der Waals surface area contributed by atoms with E-state index in [1.807, 2.05) is 6.07 Å². The second kappa shape index (κ2) is 5.82. The van der Waals surface area contributed by atoms with Gasteiger partial charge >= 0.3 is 5.97 Å². The normalized spacial score (nSPS) is 19.7. The SMILES string of the molecule is COC(=O)c1cc(N2CCCCC2CO)ccn1. The number of pyridine rings is 1. The predicted molar refractivity (Wildman–Crippen MR) is 67.6 cm³/mol. The first-order valence-electron chi connectivity index (χ1n) is 6.18. The lowest BCUT2D eigenvalue weighted by Crippen LogP contribution is -2.42. The van der Waals surface area contributed by atoms with Crippen LogP contribution in [0.5, 0.6) is 0 Å². The Hall–Kier alpha value is -1.62. The van der Waals surface area contributed by atoms with E-state index in [4.69, 9.17) is 0 Å². The van der Waals surface area contributed by atoms with Gasteiger partial charge in [-0.25, -0.2) is 9.78 Å². The largest absolute Gasteiger partial charge is 0.464 e. The third-order valence-corrected chi connectivity index (χ3v) is 3.31. The first kappa shape index (κ1) is 12.8.